The third-order valence-electron chi connectivity index (χ3n) is 2.27. The number of nitrogens with one attached hydrogen (secondary N) is 1. The molecule has 8 heteroatoms. The Kier molecular flexibility index (Phi) is 5.48. The van der Waals surface area contributed by atoms with Crippen LogP contribution < -0.4 is 5.32 Å². The Bertz CT molecular complexity index is 373. The third kappa shape index (κ3) is 4.18. The van der Waals surface area contributed by atoms with Gasteiger partial charge < -0.3 is 10.1 Å². The van der Waals surface area contributed by atoms with Gasteiger partial charge in [0.15, 0.2) is 0 Å². The molecule has 0 aliphatic carbocycles. The number of nitrogens with zero attached hydrogens (tertiary/aromatic N) is 1. The third-order valence-corrected chi connectivity index (χ3v) is 3.42. The topological polar surface area (TPSA) is 34.2 Å². The standard InChI is InChI=1S/C10H14F4N2OS/c1-6(15-2)7-3-16-8(18-7)4-17-5-10(13,14)9(11)12/h3,6,9,15H,4-5H2,1-2H3. The SMILES string of the molecule is CNC(C)c1cnc(COCC(F)(F)C(F)F)s1. The monoisotopic (exact) mass is 286 g/mol. The molecule has 0 amide bonds. The Morgan fingerprint density at radius 3 is 2.72 bits per heavy atom. The van der Waals surface area contributed by atoms with Gasteiger partial charge in [-0.15, -0.1) is 11.3 Å². The van der Waals surface area contributed by atoms with Crippen molar-refractivity contribution in [3.8, 4) is 0 Å². The molecule has 0 spiro atoms. The van der Waals surface area contributed by atoms with Gasteiger partial charge in [0.2, 0.25) is 0 Å². The van der Waals surface area contributed by atoms with Crippen LogP contribution >= 0.6 is 11.3 Å². The molecule has 0 aromatic carbocycles. The highest BCUT2D eigenvalue weighted by Crippen LogP contribution is 2.24. The van der Waals surface area contributed by atoms with E-state index in [1.54, 1.807) is 13.2 Å². The van der Waals surface area contributed by atoms with Gasteiger partial charge in [-0.25, -0.2) is 13.8 Å². The van der Waals surface area contributed by atoms with Gasteiger partial charge in [-0.2, -0.15) is 8.78 Å². The molecule has 0 aliphatic rings. The number of aromatic nitrogens is 1. The van der Waals surface area contributed by atoms with E-state index in [0.717, 1.165) is 4.88 Å². The van der Waals surface area contributed by atoms with E-state index in [2.05, 4.69) is 15.0 Å². The zero-order valence-corrected chi connectivity index (χ0v) is 10.7. The lowest BCUT2D eigenvalue weighted by Gasteiger charge is -2.14. The zero-order chi connectivity index (χ0) is 13.8. The number of alkyl halides is 4. The van der Waals surface area contributed by atoms with Crippen LogP contribution in [-0.2, 0) is 11.3 Å². The number of ether oxygens (including phenoxy) is 1. The van der Waals surface area contributed by atoms with Crippen LogP contribution in [0, 0.1) is 0 Å². The normalized spacial score (nSPS) is 14.2. The first-order chi connectivity index (χ1) is 8.36. The van der Waals surface area contributed by atoms with E-state index in [4.69, 9.17) is 0 Å². The molecule has 0 fully saturated rings. The second kappa shape index (κ2) is 6.44. The van der Waals surface area contributed by atoms with Crippen molar-refractivity contribution in [3.05, 3.63) is 16.1 Å². The van der Waals surface area contributed by atoms with Crippen LogP contribution in [0.25, 0.3) is 0 Å². The highest BCUT2D eigenvalue weighted by molar-refractivity contribution is 7.11. The summed E-state index contributed by atoms with van der Waals surface area (Å²) in [6.07, 6.45) is -2.11. The Balaban J connectivity index is 2.43. The van der Waals surface area contributed by atoms with Gasteiger partial charge in [0, 0.05) is 17.1 Å². The number of halogens is 4. The molecule has 1 aromatic rings. The first-order valence-corrected chi connectivity index (χ1v) is 6.04. The van der Waals surface area contributed by atoms with Crippen molar-refractivity contribution in [3.63, 3.8) is 0 Å². The smallest absolute Gasteiger partial charge is 0.330 e. The van der Waals surface area contributed by atoms with Gasteiger partial charge in [-0.05, 0) is 14.0 Å². The quantitative estimate of drug-likeness (QED) is 0.783. The summed E-state index contributed by atoms with van der Waals surface area (Å²) in [5.41, 5.74) is 0. The lowest BCUT2D eigenvalue weighted by atomic mass is 10.3. The van der Waals surface area contributed by atoms with Crippen LogP contribution in [-0.4, -0.2) is 31.0 Å². The van der Waals surface area contributed by atoms with Crippen LogP contribution in [0.2, 0.25) is 0 Å². The van der Waals surface area contributed by atoms with Crippen molar-refractivity contribution in [1.29, 1.82) is 0 Å². The summed E-state index contributed by atoms with van der Waals surface area (Å²) >= 11 is 1.29. The van der Waals surface area contributed by atoms with E-state index in [9.17, 15) is 17.6 Å². The fourth-order valence-electron chi connectivity index (χ4n) is 1.07. The maximum atomic E-state index is 12.5. The van der Waals surface area contributed by atoms with E-state index in [0.29, 0.717) is 5.01 Å². The highest BCUT2D eigenvalue weighted by atomic mass is 32.1. The van der Waals surface area contributed by atoms with Crippen molar-refractivity contribution >= 4 is 11.3 Å². The molecule has 104 valence electrons. The Morgan fingerprint density at radius 2 is 2.17 bits per heavy atom. The van der Waals surface area contributed by atoms with Gasteiger partial charge >= 0.3 is 12.3 Å². The van der Waals surface area contributed by atoms with Crippen LogP contribution in [0.1, 0.15) is 22.9 Å². The minimum Gasteiger partial charge on any atom is -0.368 e. The van der Waals surface area contributed by atoms with Crippen molar-refractivity contribution < 1.29 is 22.3 Å². The summed E-state index contributed by atoms with van der Waals surface area (Å²) in [4.78, 5) is 4.90. The summed E-state index contributed by atoms with van der Waals surface area (Å²) < 4.78 is 53.3. The molecule has 3 nitrogen and oxygen atoms in total. The molecule has 1 rings (SSSR count). The largest absolute Gasteiger partial charge is 0.368 e. The summed E-state index contributed by atoms with van der Waals surface area (Å²) in [5, 5.41) is 3.48. The Labute approximate surface area is 106 Å². The Hall–Kier alpha value is -0.730. The van der Waals surface area contributed by atoms with Crippen LogP contribution in [0.15, 0.2) is 6.20 Å². The molecule has 0 saturated heterocycles. The molecular formula is C10H14F4N2OS. The molecule has 1 unspecified atom stereocenters. The van der Waals surface area contributed by atoms with Gasteiger partial charge in [0.25, 0.3) is 0 Å². The molecule has 1 N–H and O–H groups in total. The van der Waals surface area contributed by atoms with Gasteiger partial charge in [0.05, 0.1) is 6.61 Å². The minimum absolute atomic E-state index is 0.0961. The fourth-order valence-corrected chi connectivity index (χ4v) is 1.99. The lowest BCUT2D eigenvalue weighted by molar-refractivity contribution is -0.168. The predicted octanol–water partition coefficient (Wildman–Crippen LogP) is 2.84. The minimum atomic E-state index is -4.11. The molecule has 0 bridgehead atoms. The molecule has 0 saturated carbocycles. The van der Waals surface area contributed by atoms with E-state index in [-0.39, 0.29) is 12.6 Å². The molecule has 0 aliphatic heterocycles. The Morgan fingerprint density at radius 1 is 1.50 bits per heavy atom. The molecule has 1 heterocycles. The van der Waals surface area contributed by atoms with Gasteiger partial charge in [0.1, 0.15) is 11.6 Å². The number of hydrogen-bond acceptors (Lipinski definition) is 4. The second-order valence-electron chi connectivity index (χ2n) is 3.72. The fraction of sp³-hybridized carbons (Fsp3) is 0.700. The van der Waals surface area contributed by atoms with Crippen molar-refractivity contribution in [2.45, 2.75) is 31.9 Å². The lowest BCUT2D eigenvalue weighted by Crippen LogP contribution is -2.32. The molecule has 18 heavy (non-hydrogen) atoms. The van der Waals surface area contributed by atoms with E-state index in [1.165, 1.54) is 11.3 Å². The first kappa shape index (κ1) is 15.3. The van der Waals surface area contributed by atoms with Crippen LogP contribution in [0.3, 0.4) is 0 Å². The van der Waals surface area contributed by atoms with Crippen LogP contribution in [0.5, 0.6) is 0 Å². The molecule has 0 radical (unpaired) electrons. The molecule has 1 atom stereocenters. The van der Waals surface area contributed by atoms with Crippen molar-refractivity contribution in [2.75, 3.05) is 13.7 Å². The predicted molar refractivity (Wildman–Crippen MR) is 60.2 cm³/mol. The summed E-state index contributed by atoms with van der Waals surface area (Å²) in [7, 11) is 1.78. The number of hydrogen-bond donors (Lipinski definition) is 1. The second-order valence-corrected chi connectivity index (χ2v) is 4.87. The van der Waals surface area contributed by atoms with E-state index in [1.807, 2.05) is 6.92 Å². The number of thiazole rings is 1. The summed E-state index contributed by atoms with van der Waals surface area (Å²) in [6, 6.07) is 0.0961. The van der Waals surface area contributed by atoms with Gasteiger partial charge in [-0.1, -0.05) is 0 Å². The van der Waals surface area contributed by atoms with Crippen LogP contribution in [0.4, 0.5) is 17.6 Å². The van der Waals surface area contributed by atoms with E-state index < -0.39 is 19.0 Å². The maximum absolute atomic E-state index is 12.5. The highest BCUT2D eigenvalue weighted by Gasteiger charge is 2.40. The summed E-state index contributed by atoms with van der Waals surface area (Å²) in [5.74, 6) is -4.11. The average molecular weight is 286 g/mol. The van der Waals surface area contributed by atoms with E-state index >= 15 is 0 Å². The molecular weight excluding hydrogens is 272 g/mol. The maximum Gasteiger partial charge on any atom is 0.330 e. The van der Waals surface area contributed by atoms with Crippen molar-refractivity contribution in [2.24, 2.45) is 0 Å². The molecule has 1 aromatic heterocycles. The number of rotatable bonds is 7. The first-order valence-electron chi connectivity index (χ1n) is 5.22. The van der Waals surface area contributed by atoms with Gasteiger partial charge in [-0.3, -0.25) is 0 Å². The van der Waals surface area contributed by atoms with Crippen molar-refractivity contribution in [1.82, 2.24) is 10.3 Å². The summed E-state index contributed by atoms with van der Waals surface area (Å²) in [6.45, 7) is 0.424. The zero-order valence-electron chi connectivity index (χ0n) is 9.92. The average Bonchev–Trinajstić information content (AvgIpc) is 2.76.